The lowest BCUT2D eigenvalue weighted by atomic mass is 10.1. The van der Waals surface area contributed by atoms with E-state index >= 15 is 0 Å². The molecule has 0 bridgehead atoms. The molecule has 0 radical (unpaired) electrons. The minimum Gasteiger partial charge on any atom is -0.497 e. The Kier molecular flexibility index (Phi) is 12.4. The average Bonchev–Trinajstić information content (AvgIpc) is 3.14. The lowest BCUT2D eigenvalue weighted by Gasteiger charge is -2.21. The number of benzene rings is 1. The van der Waals surface area contributed by atoms with Crippen LogP contribution in [0.3, 0.4) is 0 Å². The number of aliphatic imine (C=N–C) groups is 1. The standard InChI is InChI=1S/C20H33N3O3.HI/c1-4-21-20(22-11-9-17-5-7-19(25-3)8-6-17)23-12-10-18(15-23)16-26-14-13-24-2;/h5-8,18H,4,9-16H2,1-3H3,(H,21,22);1H. The summed E-state index contributed by atoms with van der Waals surface area (Å²) in [5, 5.41) is 3.42. The first-order valence-electron chi connectivity index (χ1n) is 9.49. The van der Waals surface area contributed by atoms with Crippen molar-refractivity contribution in [2.75, 3.05) is 60.2 Å². The molecule has 7 heteroatoms. The van der Waals surface area contributed by atoms with E-state index in [1.807, 2.05) is 12.1 Å². The summed E-state index contributed by atoms with van der Waals surface area (Å²) in [5.41, 5.74) is 1.27. The summed E-state index contributed by atoms with van der Waals surface area (Å²) in [6, 6.07) is 8.20. The Bertz CT molecular complexity index is 540. The number of nitrogens with one attached hydrogen (secondary N) is 1. The van der Waals surface area contributed by atoms with E-state index in [9.17, 15) is 0 Å². The van der Waals surface area contributed by atoms with Gasteiger partial charge in [-0.1, -0.05) is 12.1 Å². The predicted molar refractivity (Wildman–Crippen MR) is 120 cm³/mol. The van der Waals surface area contributed by atoms with E-state index in [0.717, 1.165) is 57.3 Å². The molecule has 0 spiro atoms. The molecule has 1 aromatic carbocycles. The van der Waals surface area contributed by atoms with Crippen LogP contribution in [0.15, 0.2) is 29.3 Å². The molecule has 1 aliphatic rings. The number of ether oxygens (including phenoxy) is 3. The van der Waals surface area contributed by atoms with Gasteiger partial charge in [-0.2, -0.15) is 0 Å². The van der Waals surface area contributed by atoms with Crippen LogP contribution in [0.25, 0.3) is 0 Å². The molecule has 27 heavy (non-hydrogen) atoms. The van der Waals surface area contributed by atoms with E-state index in [-0.39, 0.29) is 24.0 Å². The number of hydrogen-bond acceptors (Lipinski definition) is 4. The molecule has 1 unspecified atom stereocenters. The van der Waals surface area contributed by atoms with Crippen LogP contribution in [0.4, 0.5) is 0 Å². The number of guanidine groups is 1. The van der Waals surface area contributed by atoms with E-state index in [2.05, 4.69) is 29.3 Å². The summed E-state index contributed by atoms with van der Waals surface area (Å²) in [6.45, 7) is 7.93. The van der Waals surface area contributed by atoms with Crippen molar-refractivity contribution in [2.24, 2.45) is 10.9 Å². The van der Waals surface area contributed by atoms with E-state index in [0.29, 0.717) is 19.1 Å². The van der Waals surface area contributed by atoms with Crippen molar-refractivity contribution in [2.45, 2.75) is 19.8 Å². The molecule has 0 aliphatic carbocycles. The number of likely N-dealkylation sites (tertiary alicyclic amines) is 1. The fraction of sp³-hybridized carbons (Fsp3) is 0.650. The van der Waals surface area contributed by atoms with Crippen LogP contribution in [0, 0.1) is 5.92 Å². The van der Waals surface area contributed by atoms with Gasteiger partial charge in [0.1, 0.15) is 5.75 Å². The van der Waals surface area contributed by atoms with Crippen LogP contribution in [-0.2, 0) is 15.9 Å². The van der Waals surface area contributed by atoms with Gasteiger partial charge in [0, 0.05) is 39.2 Å². The SMILES string of the molecule is CCNC(=NCCc1ccc(OC)cc1)N1CCC(COCCOC)C1.I. The van der Waals surface area contributed by atoms with Gasteiger partial charge in [0.2, 0.25) is 0 Å². The number of nitrogens with zero attached hydrogens (tertiary/aromatic N) is 2. The van der Waals surface area contributed by atoms with Crippen LogP contribution in [0.1, 0.15) is 18.9 Å². The third kappa shape index (κ3) is 8.66. The highest BCUT2D eigenvalue weighted by molar-refractivity contribution is 14.0. The lowest BCUT2D eigenvalue weighted by Crippen LogP contribution is -2.40. The smallest absolute Gasteiger partial charge is 0.193 e. The zero-order chi connectivity index (χ0) is 18.6. The van der Waals surface area contributed by atoms with Gasteiger partial charge < -0.3 is 24.4 Å². The average molecular weight is 491 g/mol. The zero-order valence-corrected chi connectivity index (χ0v) is 19.1. The van der Waals surface area contributed by atoms with Crippen molar-refractivity contribution in [3.05, 3.63) is 29.8 Å². The molecule has 1 atom stereocenters. The third-order valence-electron chi connectivity index (χ3n) is 4.53. The van der Waals surface area contributed by atoms with Crippen LogP contribution in [0.5, 0.6) is 5.75 Å². The summed E-state index contributed by atoms with van der Waals surface area (Å²) >= 11 is 0. The van der Waals surface area contributed by atoms with Crippen LogP contribution >= 0.6 is 24.0 Å². The second-order valence-corrected chi connectivity index (χ2v) is 6.50. The molecule has 1 N–H and O–H groups in total. The van der Waals surface area contributed by atoms with Gasteiger partial charge in [-0.3, -0.25) is 4.99 Å². The maximum Gasteiger partial charge on any atom is 0.193 e. The van der Waals surface area contributed by atoms with Gasteiger partial charge in [0.25, 0.3) is 0 Å². The Labute approximate surface area is 180 Å². The van der Waals surface area contributed by atoms with Crippen molar-refractivity contribution in [3.8, 4) is 5.75 Å². The Hall–Kier alpha value is -1.06. The summed E-state index contributed by atoms with van der Waals surface area (Å²) in [5.74, 6) is 2.47. The zero-order valence-electron chi connectivity index (χ0n) is 16.8. The Morgan fingerprint density at radius 3 is 2.67 bits per heavy atom. The van der Waals surface area contributed by atoms with Crippen LogP contribution in [-0.4, -0.2) is 71.1 Å². The largest absolute Gasteiger partial charge is 0.497 e. The molecule has 1 aromatic rings. The summed E-state index contributed by atoms with van der Waals surface area (Å²) in [7, 11) is 3.39. The van der Waals surface area contributed by atoms with E-state index in [4.69, 9.17) is 19.2 Å². The second kappa shape index (κ2) is 14.0. The summed E-state index contributed by atoms with van der Waals surface area (Å²) in [4.78, 5) is 7.17. The minimum absolute atomic E-state index is 0. The molecule has 0 saturated carbocycles. The Morgan fingerprint density at radius 2 is 2.00 bits per heavy atom. The highest BCUT2D eigenvalue weighted by Gasteiger charge is 2.24. The third-order valence-corrected chi connectivity index (χ3v) is 4.53. The van der Waals surface area contributed by atoms with E-state index in [1.54, 1.807) is 14.2 Å². The topological polar surface area (TPSA) is 55.3 Å². The van der Waals surface area contributed by atoms with Gasteiger partial charge in [-0.05, 0) is 37.5 Å². The number of rotatable bonds is 10. The van der Waals surface area contributed by atoms with Crippen LogP contribution in [0.2, 0.25) is 0 Å². The molecule has 6 nitrogen and oxygen atoms in total. The predicted octanol–water partition coefficient (Wildman–Crippen LogP) is 2.81. The Balaban J connectivity index is 0.00000364. The molecule has 0 aromatic heterocycles. The number of halogens is 1. The molecule has 1 heterocycles. The normalized spacial score (nSPS) is 16.9. The first kappa shape index (κ1) is 24.0. The minimum atomic E-state index is 0. The van der Waals surface area contributed by atoms with Gasteiger partial charge in [0.05, 0.1) is 26.9 Å². The van der Waals surface area contributed by atoms with Gasteiger partial charge in [0.15, 0.2) is 5.96 Å². The maximum atomic E-state index is 5.68. The fourth-order valence-electron chi connectivity index (χ4n) is 3.06. The first-order chi connectivity index (χ1) is 12.8. The number of hydrogen-bond donors (Lipinski definition) is 1. The fourth-order valence-corrected chi connectivity index (χ4v) is 3.06. The highest BCUT2D eigenvalue weighted by atomic mass is 127. The monoisotopic (exact) mass is 491 g/mol. The van der Waals surface area contributed by atoms with Gasteiger partial charge >= 0.3 is 0 Å². The van der Waals surface area contributed by atoms with E-state index in [1.165, 1.54) is 5.56 Å². The van der Waals surface area contributed by atoms with Gasteiger partial charge in [-0.25, -0.2) is 0 Å². The molecular formula is C20H34IN3O3. The molecule has 1 fully saturated rings. The van der Waals surface area contributed by atoms with Crippen molar-refractivity contribution >= 4 is 29.9 Å². The lowest BCUT2D eigenvalue weighted by molar-refractivity contribution is 0.0536. The van der Waals surface area contributed by atoms with Crippen molar-refractivity contribution in [3.63, 3.8) is 0 Å². The van der Waals surface area contributed by atoms with Crippen molar-refractivity contribution in [1.29, 1.82) is 0 Å². The molecule has 2 rings (SSSR count). The van der Waals surface area contributed by atoms with E-state index < -0.39 is 0 Å². The van der Waals surface area contributed by atoms with Crippen LogP contribution < -0.4 is 10.1 Å². The molecule has 154 valence electrons. The summed E-state index contributed by atoms with van der Waals surface area (Å²) in [6.07, 6.45) is 2.08. The summed E-state index contributed by atoms with van der Waals surface area (Å²) < 4.78 is 15.9. The second-order valence-electron chi connectivity index (χ2n) is 6.50. The molecule has 0 amide bonds. The van der Waals surface area contributed by atoms with Gasteiger partial charge in [-0.15, -0.1) is 24.0 Å². The number of methoxy groups -OCH3 is 2. The molecule has 1 saturated heterocycles. The Morgan fingerprint density at radius 1 is 1.22 bits per heavy atom. The maximum absolute atomic E-state index is 5.68. The first-order valence-corrected chi connectivity index (χ1v) is 9.49. The quantitative estimate of drug-likeness (QED) is 0.236. The van der Waals surface area contributed by atoms with Crippen molar-refractivity contribution in [1.82, 2.24) is 10.2 Å². The molecular weight excluding hydrogens is 457 g/mol. The van der Waals surface area contributed by atoms with Crippen molar-refractivity contribution < 1.29 is 14.2 Å². The highest BCUT2D eigenvalue weighted by Crippen LogP contribution is 2.17. The molecule has 1 aliphatic heterocycles.